The van der Waals surface area contributed by atoms with E-state index in [2.05, 4.69) is 5.32 Å². The van der Waals surface area contributed by atoms with Crippen LogP contribution in [0.5, 0.6) is 0 Å². The van der Waals surface area contributed by atoms with Crippen LogP contribution in [0.15, 0.2) is 9.59 Å². The lowest BCUT2D eigenvalue weighted by Crippen LogP contribution is -2.42. The molecule has 1 aromatic rings. The summed E-state index contributed by atoms with van der Waals surface area (Å²) in [6, 6.07) is 0. The van der Waals surface area contributed by atoms with Crippen LogP contribution in [0.2, 0.25) is 0 Å². The average molecular weight is 182 g/mol. The predicted molar refractivity (Wildman–Crippen MR) is 53.8 cm³/mol. The Morgan fingerprint density at radius 1 is 1.31 bits per heavy atom. The molecule has 0 aliphatic heterocycles. The fourth-order valence-corrected chi connectivity index (χ4v) is 0.960. The van der Waals surface area contributed by atoms with E-state index in [4.69, 9.17) is 5.73 Å². The van der Waals surface area contributed by atoms with E-state index in [1.807, 2.05) is 20.8 Å². The molecule has 0 spiro atoms. The number of hydrogen-bond donors (Lipinski definition) is 2. The standard InChI is InChI=1S/C9H14N2O2/c1-4-9(2,3)11-6-5(10)7(12)8(6)13/h11H,4,10H2,1-3H3. The Balaban J connectivity index is 2.90. The summed E-state index contributed by atoms with van der Waals surface area (Å²) in [7, 11) is 0. The van der Waals surface area contributed by atoms with E-state index in [9.17, 15) is 9.59 Å². The largest absolute Gasteiger partial charge is 0.394 e. The summed E-state index contributed by atoms with van der Waals surface area (Å²) < 4.78 is 0. The van der Waals surface area contributed by atoms with Crippen LogP contribution in [0.4, 0.5) is 11.4 Å². The van der Waals surface area contributed by atoms with Crippen LogP contribution in [-0.2, 0) is 0 Å². The van der Waals surface area contributed by atoms with Crippen molar-refractivity contribution in [1.29, 1.82) is 0 Å². The highest BCUT2D eigenvalue weighted by Crippen LogP contribution is 2.18. The molecular weight excluding hydrogens is 168 g/mol. The number of nitrogen functional groups attached to an aromatic ring is 1. The average Bonchev–Trinajstić information content (AvgIpc) is 2.12. The summed E-state index contributed by atoms with van der Waals surface area (Å²) in [5, 5.41) is 2.96. The molecule has 0 saturated carbocycles. The third kappa shape index (κ3) is 1.56. The lowest BCUT2D eigenvalue weighted by Gasteiger charge is -2.26. The van der Waals surface area contributed by atoms with E-state index < -0.39 is 10.9 Å². The molecule has 0 unspecified atom stereocenters. The molecule has 0 saturated heterocycles. The van der Waals surface area contributed by atoms with Gasteiger partial charge in [-0.15, -0.1) is 0 Å². The molecule has 0 amide bonds. The Kier molecular flexibility index (Phi) is 2.15. The Labute approximate surface area is 76.4 Å². The highest BCUT2D eigenvalue weighted by molar-refractivity contribution is 5.71. The molecule has 0 atom stereocenters. The molecule has 4 heteroatoms. The Hall–Kier alpha value is -1.32. The molecule has 0 aromatic heterocycles. The zero-order valence-corrected chi connectivity index (χ0v) is 8.10. The van der Waals surface area contributed by atoms with Crippen molar-refractivity contribution in [1.82, 2.24) is 0 Å². The lowest BCUT2D eigenvalue weighted by molar-refractivity contribution is 0.546. The van der Waals surface area contributed by atoms with E-state index in [1.165, 1.54) is 0 Å². The molecule has 1 rings (SSSR count). The highest BCUT2D eigenvalue weighted by atomic mass is 16.2. The molecule has 13 heavy (non-hydrogen) atoms. The Bertz CT molecular complexity index is 386. The monoisotopic (exact) mass is 182 g/mol. The molecule has 0 heterocycles. The van der Waals surface area contributed by atoms with Gasteiger partial charge in [-0.3, -0.25) is 9.59 Å². The summed E-state index contributed by atoms with van der Waals surface area (Å²) in [5.74, 6) is 0. The van der Waals surface area contributed by atoms with Crippen molar-refractivity contribution in [3.05, 3.63) is 20.4 Å². The fraction of sp³-hybridized carbons (Fsp3) is 0.556. The first-order valence-corrected chi connectivity index (χ1v) is 4.26. The molecule has 0 aliphatic rings. The zero-order valence-electron chi connectivity index (χ0n) is 8.10. The van der Waals surface area contributed by atoms with Crippen molar-refractivity contribution < 1.29 is 0 Å². The summed E-state index contributed by atoms with van der Waals surface area (Å²) in [6.45, 7) is 5.89. The van der Waals surface area contributed by atoms with Gasteiger partial charge in [-0.05, 0) is 20.3 Å². The van der Waals surface area contributed by atoms with Gasteiger partial charge in [-0.25, -0.2) is 0 Å². The Morgan fingerprint density at radius 2 is 1.85 bits per heavy atom. The van der Waals surface area contributed by atoms with Crippen molar-refractivity contribution in [3.8, 4) is 0 Å². The number of rotatable bonds is 3. The fourth-order valence-electron chi connectivity index (χ4n) is 0.960. The maximum absolute atomic E-state index is 11.0. The second-order valence-corrected chi connectivity index (χ2v) is 3.81. The summed E-state index contributed by atoms with van der Waals surface area (Å²) in [4.78, 5) is 21.8. The quantitative estimate of drug-likeness (QED) is 0.666. The van der Waals surface area contributed by atoms with Gasteiger partial charge in [0.05, 0.1) is 0 Å². The van der Waals surface area contributed by atoms with E-state index in [1.54, 1.807) is 0 Å². The van der Waals surface area contributed by atoms with E-state index >= 15 is 0 Å². The second-order valence-electron chi connectivity index (χ2n) is 3.81. The SMILES string of the molecule is CCC(C)(C)Nc1c(N)c(=O)c1=O. The Morgan fingerprint density at radius 3 is 2.23 bits per heavy atom. The van der Waals surface area contributed by atoms with Crippen molar-refractivity contribution in [3.63, 3.8) is 0 Å². The number of hydrogen-bond acceptors (Lipinski definition) is 4. The molecule has 3 N–H and O–H groups in total. The topological polar surface area (TPSA) is 72.2 Å². The number of nitrogens with two attached hydrogens (primary N) is 1. The smallest absolute Gasteiger partial charge is 0.253 e. The third-order valence-electron chi connectivity index (χ3n) is 2.29. The highest BCUT2D eigenvalue weighted by Gasteiger charge is 2.23. The minimum Gasteiger partial charge on any atom is -0.394 e. The van der Waals surface area contributed by atoms with Crippen LogP contribution < -0.4 is 21.9 Å². The molecule has 0 bridgehead atoms. The maximum Gasteiger partial charge on any atom is 0.253 e. The lowest BCUT2D eigenvalue weighted by atomic mass is 10.0. The van der Waals surface area contributed by atoms with Crippen molar-refractivity contribution in [2.75, 3.05) is 11.1 Å². The first-order chi connectivity index (χ1) is 5.89. The van der Waals surface area contributed by atoms with Crippen LogP contribution in [0.1, 0.15) is 27.2 Å². The maximum atomic E-state index is 11.0. The van der Waals surface area contributed by atoms with Crippen LogP contribution in [0.3, 0.4) is 0 Å². The van der Waals surface area contributed by atoms with Gasteiger partial charge in [0.2, 0.25) is 0 Å². The molecule has 0 fully saturated rings. The van der Waals surface area contributed by atoms with Crippen molar-refractivity contribution >= 4 is 11.4 Å². The summed E-state index contributed by atoms with van der Waals surface area (Å²) in [5.41, 5.74) is 4.43. The molecular formula is C9H14N2O2. The zero-order chi connectivity index (χ0) is 10.2. The van der Waals surface area contributed by atoms with E-state index in [0.29, 0.717) is 0 Å². The second kappa shape index (κ2) is 2.87. The van der Waals surface area contributed by atoms with Gasteiger partial charge in [-0.1, -0.05) is 6.92 Å². The minimum absolute atomic E-state index is 0.0616. The van der Waals surface area contributed by atoms with Gasteiger partial charge in [-0.2, -0.15) is 0 Å². The molecule has 72 valence electrons. The van der Waals surface area contributed by atoms with Gasteiger partial charge in [0.25, 0.3) is 10.9 Å². The van der Waals surface area contributed by atoms with Gasteiger partial charge >= 0.3 is 0 Å². The van der Waals surface area contributed by atoms with Crippen LogP contribution >= 0.6 is 0 Å². The minimum atomic E-state index is -0.575. The molecule has 0 radical (unpaired) electrons. The summed E-state index contributed by atoms with van der Waals surface area (Å²) in [6.07, 6.45) is 0.852. The van der Waals surface area contributed by atoms with Gasteiger partial charge in [0, 0.05) is 5.54 Å². The van der Waals surface area contributed by atoms with Crippen LogP contribution in [0.25, 0.3) is 0 Å². The first kappa shape index (κ1) is 9.77. The van der Waals surface area contributed by atoms with E-state index in [-0.39, 0.29) is 16.9 Å². The number of nitrogens with one attached hydrogen (secondary N) is 1. The van der Waals surface area contributed by atoms with Crippen LogP contribution in [0, 0.1) is 0 Å². The third-order valence-corrected chi connectivity index (χ3v) is 2.29. The molecule has 4 nitrogen and oxygen atoms in total. The van der Waals surface area contributed by atoms with Gasteiger partial charge in [0.1, 0.15) is 11.4 Å². The van der Waals surface area contributed by atoms with Gasteiger partial charge in [0.15, 0.2) is 0 Å². The summed E-state index contributed by atoms with van der Waals surface area (Å²) >= 11 is 0. The molecule has 0 aliphatic carbocycles. The number of anilines is 2. The predicted octanol–water partition coefficient (Wildman–Crippen LogP) is 0.465. The van der Waals surface area contributed by atoms with E-state index in [0.717, 1.165) is 6.42 Å². The van der Waals surface area contributed by atoms with Gasteiger partial charge < -0.3 is 11.1 Å². The van der Waals surface area contributed by atoms with Crippen LogP contribution in [-0.4, -0.2) is 5.54 Å². The first-order valence-electron chi connectivity index (χ1n) is 4.26. The van der Waals surface area contributed by atoms with Crippen molar-refractivity contribution in [2.45, 2.75) is 32.7 Å². The normalized spacial score (nSPS) is 11.9. The molecule has 1 aromatic carbocycles. The van der Waals surface area contributed by atoms with Crippen molar-refractivity contribution in [2.24, 2.45) is 0 Å².